The number of para-hydroxylation sites is 1. The van der Waals surface area contributed by atoms with Gasteiger partial charge in [-0.2, -0.15) is 5.10 Å². The topological polar surface area (TPSA) is 53.0 Å². The van der Waals surface area contributed by atoms with Gasteiger partial charge in [-0.05, 0) is 59.6 Å². The number of ketones is 1. The molecule has 0 bridgehead atoms. The number of thioether (sulfide) groups is 2. The lowest BCUT2D eigenvalue weighted by Crippen LogP contribution is -2.51. The fraction of sp³-hybridized carbons (Fsp3) is 0.0952. The van der Waals surface area contributed by atoms with E-state index in [0.29, 0.717) is 20.7 Å². The van der Waals surface area contributed by atoms with Crippen molar-refractivity contribution in [3.8, 4) is 0 Å². The molecule has 150 valence electrons. The van der Waals surface area contributed by atoms with Crippen molar-refractivity contribution in [2.75, 3.05) is 15.7 Å². The number of halogens is 1. The molecule has 1 fully saturated rings. The van der Waals surface area contributed by atoms with Crippen LogP contribution in [-0.4, -0.2) is 26.8 Å². The van der Waals surface area contributed by atoms with Crippen LogP contribution in [0, 0.1) is 0 Å². The summed E-state index contributed by atoms with van der Waals surface area (Å²) in [5.74, 6) is 0.124. The highest BCUT2D eigenvalue weighted by molar-refractivity contribution is 8.28. The standard InChI is InChI=1S/C21H14ClN3O2S3/c22-14-8-10-16(11-9-14)25-21(30-20(23-25)19(27)17-7-4-12-28-17)24(18(26)13-29-21)15-5-2-1-3-6-15/h1-12H,13H2. The normalized spacial score (nSPS) is 20.8. The van der Waals surface area contributed by atoms with E-state index in [1.54, 1.807) is 28.1 Å². The van der Waals surface area contributed by atoms with E-state index in [0.717, 1.165) is 11.4 Å². The van der Waals surface area contributed by atoms with Gasteiger partial charge in [0.15, 0.2) is 5.04 Å². The number of hydrazone groups is 1. The van der Waals surface area contributed by atoms with E-state index in [1.165, 1.54) is 34.9 Å². The van der Waals surface area contributed by atoms with Crippen molar-refractivity contribution in [2.24, 2.45) is 5.10 Å². The lowest BCUT2D eigenvalue weighted by Gasteiger charge is -2.39. The number of amides is 1. The molecule has 5 nitrogen and oxygen atoms in total. The Hall–Kier alpha value is -2.26. The molecule has 9 heteroatoms. The number of rotatable bonds is 4. The average Bonchev–Trinajstić information content (AvgIpc) is 3.49. The summed E-state index contributed by atoms with van der Waals surface area (Å²) in [6.07, 6.45) is 0. The van der Waals surface area contributed by atoms with Crippen LogP contribution in [0.2, 0.25) is 5.02 Å². The molecule has 2 aromatic carbocycles. The van der Waals surface area contributed by atoms with Crippen molar-refractivity contribution in [2.45, 2.75) is 4.33 Å². The SMILES string of the molecule is O=C(C1=NN(c2ccc(Cl)cc2)C2(SCC(=O)N2c2ccccc2)S1)c1cccs1. The van der Waals surface area contributed by atoms with Gasteiger partial charge in [0.1, 0.15) is 0 Å². The quantitative estimate of drug-likeness (QED) is 0.467. The molecule has 0 aliphatic carbocycles. The van der Waals surface area contributed by atoms with Crippen LogP contribution in [0.15, 0.2) is 77.2 Å². The Balaban J connectivity index is 1.63. The highest BCUT2D eigenvalue weighted by Crippen LogP contribution is 2.55. The molecule has 3 aromatic rings. The third-order valence-corrected chi connectivity index (χ3v) is 8.56. The zero-order valence-corrected chi connectivity index (χ0v) is 18.6. The van der Waals surface area contributed by atoms with Crippen molar-refractivity contribution in [1.82, 2.24) is 0 Å². The molecule has 1 saturated heterocycles. The number of benzene rings is 2. The molecular formula is C21H14ClN3O2S3. The van der Waals surface area contributed by atoms with Crippen LogP contribution in [0.4, 0.5) is 11.4 Å². The van der Waals surface area contributed by atoms with E-state index in [2.05, 4.69) is 0 Å². The molecule has 5 rings (SSSR count). The van der Waals surface area contributed by atoms with Gasteiger partial charge < -0.3 is 0 Å². The molecule has 0 saturated carbocycles. The second-order valence-corrected chi connectivity index (χ2v) is 10.5. The highest BCUT2D eigenvalue weighted by Gasteiger charge is 2.58. The summed E-state index contributed by atoms with van der Waals surface area (Å²) in [6, 6.07) is 20.4. The summed E-state index contributed by atoms with van der Waals surface area (Å²) in [5, 5.41) is 9.29. The Morgan fingerprint density at radius 2 is 1.77 bits per heavy atom. The van der Waals surface area contributed by atoms with Gasteiger partial charge in [0.2, 0.25) is 16.0 Å². The van der Waals surface area contributed by atoms with Gasteiger partial charge in [-0.25, -0.2) is 5.01 Å². The lowest BCUT2D eigenvalue weighted by molar-refractivity contribution is -0.115. The summed E-state index contributed by atoms with van der Waals surface area (Å²) in [7, 11) is 0. The van der Waals surface area contributed by atoms with Crippen LogP contribution in [0.1, 0.15) is 9.67 Å². The van der Waals surface area contributed by atoms with Crippen LogP contribution < -0.4 is 9.91 Å². The van der Waals surface area contributed by atoms with Gasteiger partial charge in [0.05, 0.1) is 16.3 Å². The largest absolute Gasteiger partial charge is 0.285 e. The molecule has 1 amide bonds. The smallest absolute Gasteiger partial charge is 0.243 e. The molecule has 0 N–H and O–H groups in total. The monoisotopic (exact) mass is 471 g/mol. The Kier molecular flexibility index (Phi) is 5.10. The fourth-order valence-corrected chi connectivity index (χ4v) is 6.97. The maximum Gasteiger partial charge on any atom is 0.243 e. The lowest BCUT2D eigenvalue weighted by atomic mass is 10.3. The third kappa shape index (κ3) is 3.24. The molecular weight excluding hydrogens is 458 g/mol. The number of hydrogen-bond acceptors (Lipinski definition) is 7. The number of hydrogen-bond donors (Lipinski definition) is 0. The predicted molar refractivity (Wildman–Crippen MR) is 127 cm³/mol. The second-order valence-electron chi connectivity index (χ2n) is 6.50. The fourth-order valence-electron chi connectivity index (χ4n) is 3.31. The molecule has 30 heavy (non-hydrogen) atoms. The van der Waals surface area contributed by atoms with Crippen molar-refractivity contribution >= 4 is 74.6 Å². The summed E-state index contributed by atoms with van der Waals surface area (Å²) in [5.41, 5.74) is 1.52. The van der Waals surface area contributed by atoms with Crippen molar-refractivity contribution in [1.29, 1.82) is 0 Å². The number of carbonyl (C=O) groups excluding carboxylic acids is 2. The number of thiophene rings is 1. The molecule has 1 spiro atoms. The average molecular weight is 472 g/mol. The molecule has 2 aliphatic rings. The van der Waals surface area contributed by atoms with Crippen molar-refractivity contribution < 1.29 is 9.59 Å². The minimum Gasteiger partial charge on any atom is -0.285 e. The summed E-state index contributed by atoms with van der Waals surface area (Å²) >= 11 is 10.2. The van der Waals surface area contributed by atoms with Crippen LogP contribution in [-0.2, 0) is 4.79 Å². The van der Waals surface area contributed by atoms with Crippen LogP contribution in [0.25, 0.3) is 0 Å². The van der Waals surface area contributed by atoms with E-state index < -0.39 is 4.33 Å². The summed E-state index contributed by atoms with van der Waals surface area (Å²) in [4.78, 5) is 28.4. The zero-order chi connectivity index (χ0) is 20.7. The van der Waals surface area contributed by atoms with E-state index in [-0.39, 0.29) is 11.7 Å². The van der Waals surface area contributed by atoms with Crippen LogP contribution >= 0.6 is 46.5 Å². The Labute approximate surface area is 190 Å². The second kappa shape index (κ2) is 7.77. The first-order chi connectivity index (χ1) is 14.6. The van der Waals surface area contributed by atoms with E-state index in [1.807, 2.05) is 53.9 Å². The van der Waals surface area contributed by atoms with Crippen molar-refractivity contribution in [3.63, 3.8) is 0 Å². The minimum absolute atomic E-state index is 0.0299. The number of carbonyl (C=O) groups is 2. The van der Waals surface area contributed by atoms with Crippen LogP contribution in [0.3, 0.4) is 0 Å². The maximum absolute atomic E-state index is 13.1. The van der Waals surface area contributed by atoms with Gasteiger partial charge in [0, 0.05) is 10.7 Å². The number of nitrogens with zero attached hydrogens (tertiary/aromatic N) is 3. The first kappa shape index (κ1) is 19.7. The Morgan fingerprint density at radius 3 is 2.47 bits per heavy atom. The number of anilines is 2. The first-order valence-electron chi connectivity index (χ1n) is 9.02. The molecule has 0 radical (unpaired) electrons. The molecule has 3 heterocycles. The molecule has 1 unspecified atom stereocenters. The molecule has 1 atom stereocenters. The van der Waals surface area contributed by atoms with Crippen molar-refractivity contribution in [3.05, 3.63) is 82.0 Å². The third-order valence-electron chi connectivity index (χ3n) is 4.63. The predicted octanol–water partition coefficient (Wildman–Crippen LogP) is 5.54. The number of Topliss-reactive ketones (excluding diaryl/α,β-unsaturated/α-hetero) is 1. The van der Waals surface area contributed by atoms with E-state index in [9.17, 15) is 9.59 Å². The summed E-state index contributed by atoms with van der Waals surface area (Å²) < 4.78 is -0.922. The maximum atomic E-state index is 13.1. The van der Waals surface area contributed by atoms with Gasteiger partial charge in [0.25, 0.3) is 0 Å². The van der Waals surface area contributed by atoms with Gasteiger partial charge in [-0.15, -0.1) is 11.3 Å². The minimum atomic E-state index is -0.922. The van der Waals surface area contributed by atoms with E-state index >= 15 is 0 Å². The molecule has 2 aliphatic heterocycles. The summed E-state index contributed by atoms with van der Waals surface area (Å²) in [6.45, 7) is 0. The Bertz CT molecular complexity index is 1140. The highest BCUT2D eigenvalue weighted by atomic mass is 35.5. The van der Waals surface area contributed by atoms with E-state index in [4.69, 9.17) is 16.7 Å². The molecule has 1 aromatic heterocycles. The zero-order valence-electron chi connectivity index (χ0n) is 15.4. The Morgan fingerprint density at radius 1 is 1.00 bits per heavy atom. The van der Waals surface area contributed by atoms with Gasteiger partial charge in [-0.1, -0.05) is 47.6 Å². The first-order valence-corrected chi connectivity index (χ1v) is 12.1. The van der Waals surface area contributed by atoms with Gasteiger partial charge in [-0.3, -0.25) is 14.5 Å². The van der Waals surface area contributed by atoms with Crippen LogP contribution in [0.5, 0.6) is 0 Å². The van der Waals surface area contributed by atoms with Gasteiger partial charge >= 0.3 is 0 Å².